The Labute approximate surface area is 107 Å². The van der Waals surface area contributed by atoms with Gasteiger partial charge in [0.1, 0.15) is 11.9 Å². The average Bonchev–Trinajstić information content (AvgIpc) is 2.12. The summed E-state index contributed by atoms with van der Waals surface area (Å²) < 4.78 is 5.18. The molecule has 2 saturated carbocycles. The van der Waals surface area contributed by atoms with Gasteiger partial charge in [-0.3, -0.25) is 9.59 Å². The lowest BCUT2D eigenvalue weighted by molar-refractivity contribution is -0.186. The molecule has 96 valence electrons. The lowest BCUT2D eigenvalue weighted by Crippen LogP contribution is -2.68. The van der Waals surface area contributed by atoms with Crippen LogP contribution in [0, 0.1) is 16.7 Å². The quantitative estimate of drug-likeness (QED) is 0.536. The number of ether oxygens (including phenoxy) is 1. The van der Waals surface area contributed by atoms with Gasteiger partial charge >= 0.3 is 5.97 Å². The number of rotatable bonds is 1. The summed E-state index contributed by atoms with van der Waals surface area (Å²) >= 11 is 6.34. The van der Waals surface area contributed by atoms with E-state index in [1.54, 1.807) is 0 Å². The van der Waals surface area contributed by atoms with E-state index in [9.17, 15) is 9.59 Å². The minimum atomic E-state index is -0.428. The molecule has 2 fully saturated rings. The molecule has 0 aromatic rings. The van der Waals surface area contributed by atoms with Gasteiger partial charge in [0.2, 0.25) is 0 Å². The van der Waals surface area contributed by atoms with E-state index in [0.29, 0.717) is 6.42 Å². The molecule has 4 atom stereocenters. The van der Waals surface area contributed by atoms with Gasteiger partial charge in [0.25, 0.3) is 0 Å². The number of fused-ring (bicyclic) bond motifs is 1. The van der Waals surface area contributed by atoms with Gasteiger partial charge in [-0.1, -0.05) is 20.8 Å². The lowest BCUT2D eigenvalue weighted by atomic mass is 9.47. The molecular weight excluding hydrogens is 240 g/mol. The van der Waals surface area contributed by atoms with E-state index in [1.165, 1.54) is 6.92 Å². The topological polar surface area (TPSA) is 43.4 Å². The van der Waals surface area contributed by atoms with E-state index in [2.05, 4.69) is 13.8 Å². The number of esters is 1. The molecule has 3 nitrogen and oxygen atoms in total. The van der Waals surface area contributed by atoms with Gasteiger partial charge in [0.15, 0.2) is 0 Å². The monoisotopic (exact) mass is 258 g/mol. The van der Waals surface area contributed by atoms with Gasteiger partial charge in [0.05, 0.1) is 11.3 Å². The van der Waals surface area contributed by atoms with Crippen LogP contribution in [0.2, 0.25) is 0 Å². The van der Waals surface area contributed by atoms with Gasteiger partial charge in [-0.05, 0) is 11.8 Å². The Balaban J connectivity index is 2.23. The second-order valence-electron chi connectivity index (χ2n) is 6.44. The second kappa shape index (κ2) is 3.71. The number of carbonyl (C=O) groups excluding carboxylic acids is 2. The Hall–Kier alpha value is -0.570. The van der Waals surface area contributed by atoms with Crippen molar-refractivity contribution < 1.29 is 14.3 Å². The maximum Gasteiger partial charge on any atom is 0.302 e. The lowest BCUT2D eigenvalue weighted by Gasteiger charge is -2.60. The van der Waals surface area contributed by atoms with Crippen LogP contribution in [0.1, 0.15) is 40.5 Å². The average molecular weight is 259 g/mol. The van der Waals surface area contributed by atoms with E-state index in [-0.39, 0.29) is 33.9 Å². The van der Waals surface area contributed by atoms with E-state index in [0.717, 1.165) is 6.42 Å². The molecule has 2 aliphatic rings. The van der Waals surface area contributed by atoms with E-state index in [1.807, 2.05) is 6.92 Å². The first kappa shape index (κ1) is 12.9. The molecule has 4 unspecified atom stereocenters. The summed E-state index contributed by atoms with van der Waals surface area (Å²) in [6, 6.07) is 0. The molecule has 0 radical (unpaired) electrons. The largest absolute Gasteiger partial charge is 0.460 e. The third-order valence-electron chi connectivity index (χ3n) is 4.12. The van der Waals surface area contributed by atoms with Gasteiger partial charge < -0.3 is 4.74 Å². The molecule has 0 bridgehead atoms. The van der Waals surface area contributed by atoms with Crippen molar-refractivity contribution in [1.82, 2.24) is 0 Å². The van der Waals surface area contributed by atoms with Crippen LogP contribution in [0.3, 0.4) is 0 Å². The zero-order chi connectivity index (χ0) is 13.0. The molecule has 0 heterocycles. The molecule has 0 saturated heterocycles. The van der Waals surface area contributed by atoms with Crippen LogP contribution < -0.4 is 0 Å². The Morgan fingerprint density at radius 3 is 2.53 bits per heavy atom. The number of hydrogen-bond donors (Lipinski definition) is 0. The van der Waals surface area contributed by atoms with Gasteiger partial charge in [-0.2, -0.15) is 0 Å². The number of Topliss-reactive ketones (excluding diaryl/α,β-unsaturated/α-hetero) is 1. The normalized spacial score (nSPS) is 43.6. The number of ketones is 1. The Morgan fingerprint density at radius 2 is 2.00 bits per heavy atom. The zero-order valence-electron chi connectivity index (χ0n) is 10.7. The van der Waals surface area contributed by atoms with Crippen LogP contribution in [-0.4, -0.2) is 23.2 Å². The molecular formula is C13H19ClO3. The first-order valence-electron chi connectivity index (χ1n) is 6.01. The van der Waals surface area contributed by atoms with Crippen molar-refractivity contribution in [3.05, 3.63) is 0 Å². The summed E-state index contributed by atoms with van der Waals surface area (Å²) in [6.45, 7) is 7.58. The smallest absolute Gasteiger partial charge is 0.302 e. The van der Waals surface area contributed by atoms with Crippen molar-refractivity contribution in [3.8, 4) is 0 Å². The van der Waals surface area contributed by atoms with Crippen LogP contribution in [0.15, 0.2) is 0 Å². The third-order valence-corrected chi connectivity index (χ3v) is 4.87. The van der Waals surface area contributed by atoms with Crippen molar-refractivity contribution in [3.63, 3.8) is 0 Å². The molecule has 17 heavy (non-hydrogen) atoms. The van der Waals surface area contributed by atoms with E-state index < -0.39 is 6.10 Å². The molecule has 2 rings (SSSR count). The van der Waals surface area contributed by atoms with Crippen molar-refractivity contribution >= 4 is 23.4 Å². The minimum absolute atomic E-state index is 0.00331. The predicted octanol–water partition coefficient (Wildman–Crippen LogP) is 2.55. The first-order chi connectivity index (χ1) is 7.67. The second-order valence-corrected chi connectivity index (χ2v) is 6.91. The summed E-state index contributed by atoms with van der Waals surface area (Å²) in [5, 5.41) is -0.250. The van der Waals surface area contributed by atoms with Crippen LogP contribution in [-0.2, 0) is 14.3 Å². The van der Waals surface area contributed by atoms with Crippen molar-refractivity contribution in [2.24, 2.45) is 16.7 Å². The molecule has 4 heteroatoms. The molecule has 0 spiro atoms. The van der Waals surface area contributed by atoms with Crippen LogP contribution in [0.25, 0.3) is 0 Å². The maximum atomic E-state index is 12.2. The zero-order valence-corrected chi connectivity index (χ0v) is 11.5. The predicted molar refractivity (Wildman–Crippen MR) is 64.8 cm³/mol. The Bertz CT molecular complexity index is 377. The van der Waals surface area contributed by atoms with Crippen molar-refractivity contribution in [1.29, 1.82) is 0 Å². The fraction of sp³-hybridized carbons (Fsp3) is 0.846. The fourth-order valence-corrected chi connectivity index (χ4v) is 4.14. The number of carbonyl (C=O) groups is 2. The summed E-state index contributed by atoms with van der Waals surface area (Å²) in [4.78, 5) is 23.2. The standard InChI is InChI=1S/C13H19ClO3/c1-7(15)17-10-9-8(16)5-12(2,3)6-13(9,4)11(10)14/h9-11H,5-6H2,1-4H3. The minimum Gasteiger partial charge on any atom is -0.460 e. The Morgan fingerprint density at radius 1 is 1.41 bits per heavy atom. The van der Waals surface area contributed by atoms with Gasteiger partial charge in [0, 0.05) is 18.8 Å². The molecule has 0 amide bonds. The van der Waals surface area contributed by atoms with Crippen LogP contribution in [0.4, 0.5) is 0 Å². The first-order valence-corrected chi connectivity index (χ1v) is 6.45. The molecule has 0 aromatic carbocycles. The Kier molecular flexibility index (Phi) is 2.81. The maximum absolute atomic E-state index is 12.2. The van der Waals surface area contributed by atoms with Gasteiger partial charge in [-0.15, -0.1) is 11.6 Å². The van der Waals surface area contributed by atoms with Crippen LogP contribution >= 0.6 is 11.6 Å². The number of alkyl halides is 1. The number of halogens is 1. The highest BCUT2D eigenvalue weighted by Crippen LogP contribution is 2.61. The highest BCUT2D eigenvalue weighted by Gasteiger charge is 2.66. The summed E-state index contributed by atoms with van der Waals surface area (Å²) in [5.41, 5.74) is -0.225. The number of hydrogen-bond acceptors (Lipinski definition) is 3. The third kappa shape index (κ3) is 1.88. The fourth-order valence-electron chi connectivity index (χ4n) is 3.73. The van der Waals surface area contributed by atoms with Gasteiger partial charge in [-0.25, -0.2) is 0 Å². The van der Waals surface area contributed by atoms with E-state index >= 15 is 0 Å². The van der Waals surface area contributed by atoms with E-state index in [4.69, 9.17) is 16.3 Å². The van der Waals surface area contributed by atoms with Crippen molar-refractivity contribution in [2.75, 3.05) is 0 Å². The highest BCUT2D eigenvalue weighted by molar-refractivity contribution is 6.23. The van der Waals surface area contributed by atoms with Crippen LogP contribution in [0.5, 0.6) is 0 Å². The molecule has 0 aromatic heterocycles. The summed E-state index contributed by atoms with van der Waals surface area (Å²) in [5.74, 6) is -0.380. The summed E-state index contributed by atoms with van der Waals surface area (Å²) in [6.07, 6.45) is 1.03. The van der Waals surface area contributed by atoms with Crippen molar-refractivity contribution in [2.45, 2.75) is 52.0 Å². The summed E-state index contributed by atoms with van der Waals surface area (Å²) in [7, 11) is 0. The molecule has 0 aliphatic heterocycles. The highest BCUT2D eigenvalue weighted by atomic mass is 35.5. The molecule has 0 N–H and O–H groups in total. The SMILES string of the molecule is CC(=O)OC1C(Cl)C2(C)CC(C)(C)CC(=O)C12. The molecule has 2 aliphatic carbocycles.